The van der Waals surface area contributed by atoms with E-state index in [0.29, 0.717) is 13.0 Å². The highest BCUT2D eigenvalue weighted by molar-refractivity contribution is 5.73. The van der Waals surface area contributed by atoms with Crippen molar-refractivity contribution in [1.29, 1.82) is 0 Å². The van der Waals surface area contributed by atoms with E-state index in [4.69, 9.17) is 15.6 Å². The monoisotopic (exact) mass is 249 g/mol. The average Bonchev–Trinajstić information content (AvgIpc) is 2.30. The van der Waals surface area contributed by atoms with Crippen molar-refractivity contribution >= 4 is 5.97 Å². The molecule has 4 nitrogen and oxygen atoms in total. The highest BCUT2D eigenvalue weighted by atomic mass is 16.5. The minimum atomic E-state index is -0.987. The summed E-state index contributed by atoms with van der Waals surface area (Å²) in [5.41, 5.74) is 7.56. The van der Waals surface area contributed by atoms with Crippen LogP contribution in [0, 0.1) is 0 Å². The molecule has 98 valence electrons. The molecule has 1 atom stereocenters. The number of rotatable bonds is 6. The second-order valence-electron chi connectivity index (χ2n) is 4.39. The van der Waals surface area contributed by atoms with Crippen LogP contribution in [0.5, 0.6) is 5.75 Å². The molecular formula is C14H19NO3. The minimum Gasteiger partial charge on any atom is -0.490 e. The molecule has 0 unspecified atom stereocenters. The second-order valence-corrected chi connectivity index (χ2v) is 4.39. The molecule has 0 amide bonds. The lowest BCUT2D eigenvalue weighted by Crippen LogP contribution is -2.32. The fourth-order valence-corrected chi connectivity index (χ4v) is 1.37. The summed E-state index contributed by atoms with van der Waals surface area (Å²) in [7, 11) is 0. The molecule has 0 aliphatic heterocycles. The molecule has 1 aromatic rings. The van der Waals surface area contributed by atoms with Gasteiger partial charge in [-0.1, -0.05) is 17.7 Å². The fraction of sp³-hybridized carbons (Fsp3) is 0.357. The third kappa shape index (κ3) is 5.01. The summed E-state index contributed by atoms with van der Waals surface area (Å²) in [5.74, 6) is -0.223. The van der Waals surface area contributed by atoms with Gasteiger partial charge in [0.25, 0.3) is 0 Å². The van der Waals surface area contributed by atoms with Crippen molar-refractivity contribution in [2.45, 2.75) is 26.3 Å². The van der Waals surface area contributed by atoms with Crippen LogP contribution in [0.15, 0.2) is 35.9 Å². The van der Waals surface area contributed by atoms with Gasteiger partial charge in [0.1, 0.15) is 18.4 Å². The first kappa shape index (κ1) is 14.3. The van der Waals surface area contributed by atoms with Gasteiger partial charge in [0.15, 0.2) is 0 Å². The summed E-state index contributed by atoms with van der Waals surface area (Å²) < 4.78 is 5.50. The first-order valence-corrected chi connectivity index (χ1v) is 5.82. The quantitative estimate of drug-likeness (QED) is 0.756. The van der Waals surface area contributed by atoms with Crippen LogP contribution in [-0.2, 0) is 11.2 Å². The average molecular weight is 249 g/mol. The van der Waals surface area contributed by atoms with E-state index >= 15 is 0 Å². The Morgan fingerprint density at radius 1 is 1.39 bits per heavy atom. The second kappa shape index (κ2) is 6.81. The van der Waals surface area contributed by atoms with Crippen LogP contribution in [-0.4, -0.2) is 23.7 Å². The highest BCUT2D eigenvalue weighted by Crippen LogP contribution is 2.13. The van der Waals surface area contributed by atoms with Crippen molar-refractivity contribution < 1.29 is 14.6 Å². The molecule has 0 heterocycles. The largest absolute Gasteiger partial charge is 0.490 e. The Bertz CT molecular complexity index is 419. The summed E-state index contributed by atoms with van der Waals surface area (Å²) in [6.07, 6.45) is 2.32. The number of aliphatic carboxylic acids is 1. The maximum absolute atomic E-state index is 10.6. The van der Waals surface area contributed by atoms with Gasteiger partial charge in [-0.25, -0.2) is 0 Å². The van der Waals surface area contributed by atoms with Crippen LogP contribution in [0.4, 0.5) is 0 Å². The predicted octanol–water partition coefficient (Wildman–Crippen LogP) is 1.99. The van der Waals surface area contributed by atoms with E-state index in [2.05, 4.69) is 0 Å². The summed E-state index contributed by atoms with van der Waals surface area (Å²) >= 11 is 0. The molecular weight excluding hydrogens is 230 g/mol. The molecule has 1 rings (SSSR count). The van der Waals surface area contributed by atoms with Crippen molar-refractivity contribution in [3.05, 3.63) is 41.5 Å². The van der Waals surface area contributed by atoms with E-state index in [9.17, 15) is 4.79 Å². The first-order chi connectivity index (χ1) is 8.49. The molecule has 0 aliphatic rings. The number of carboxylic acids is 1. The summed E-state index contributed by atoms with van der Waals surface area (Å²) in [4.78, 5) is 10.6. The molecule has 18 heavy (non-hydrogen) atoms. The standard InChI is InChI=1S/C14H19NO3/c1-10(2)7-8-18-12-5-3-11(4-6-12)9-13(15)14(16)17/h3-7,13H,8-9,15H2,1-2H3,(H,16,17)/t13-/m0/s1. The molecule has 0 aliphatic carbocycles. The van der Waals surface area contributed by atoms with E-state index in [0.717, 1.165) is 11.3 Å². The van der Waals surface area contributed by atoms with Crippen molar-refractivity contribution in [3.8, 4) is 5.75 Å². The summed E-state index contributed by atoms with van der Waals surface area (Å²) in [6.45, 7) is 4.57. The maximum Gasteiger partial charge on any atom is 0.320 e. The Hall–Kier alpha value is -1.81. The number of benzene rings is 1. The smallest absolute Gasteiger partial charge is 0.320 e. The van der Waals surface area contributed by atoms with E-state index < -0.39 is 12.0 Å². The highest BCUT2D eigenvalue weighted by Gasteiger charge is 2.11. The number of nitrogens with two attached hydrogens (primary N) is 1. The SMILES string of the molecule is CC(C)=CCOc1ccc(C[C@H](N)C(=O)O)cc1. The van der Waals surface area contributed by atoms with E-state index in [-0.39, 0.29) is 0 Å². The van der Waals surface area contributed by atoms with Crippen molar-refractivity contribution in [3.63, 3.8) is 0 Å². The maximum atomic E-state index is 10.6. The third-order valence-corrected chi connectivity index (χ3v) is 2.44. The first-order valence-electron chi connectivity index (χ1n) is 5.82. The van der Waals surface area contributed by atoms with Crippen LogP contribution in [0.25, 0.3) is 0 Å². The lowest BCUT2D eigenvalue weighted by atomic mass is 10.1. The molecule has 0 bridgehead atoms. The van der Waals surface area contributed by atoms with Crippen LogP contribution < -0.4 is 10.5 Å². The zero-order chi connectivity index (χ0) is 13.5. The third-order valence-electron chi connectivity index (χ3n) is 2.44. The molecule has 0 aromatic heterocycles. The number of hydrogen-bond acceptors (Lipinski definition) is 3. The van der Waals surface area contributed by atoms with Crippen molar-refractivity contribution in [1.82, 2.24) is 0 Å². The van der Waals surface area contributed by atoms with Gasteiger partial charge < -0.3 is 15.6 Å². The topological polar surface area (TPSA) is 72.5 Å². The molecule has 0 fully saturated rings. The Kier molecular flexibility index (Phi) is 5.39. The zero-order valence-electron chi connectivity index (χ0n) is 10.7. The summed E-state index contributed by atoms with van der Waals surface area (Å²) in [5, 5.41) is 8.71. The number of hydrogen-bond donors (Lipinski definition) is 2. The van der Waals surface area contributed by atoms with Gasteiger partial charge in [0.2, 0.25) is 0 Å². The van der Waals surface area contributed by atoms with Crippen LogP contribution in [0.2, 0.25) is 0 Å². The van der Waals surface area contributed by atoms with Crippen LogP contribution in [0.1, 0.15) is 19.4 Å². The molecule has 0 saturated carbocycles. The molecule has 1 aromatic carbocycles. The normalized spacial score (nSPS) is 11.7. The van der Waals surface area contributed by atoms with Crippen molar-refractivity contribution in [2.24, 2.45) is 5.73 Å². The number of allylic oxidation sites excluding steroid dienone is 1. The van der Waals surface area contributed by atoms with Gasteiger partial charge in [0.05, 0.1) is 0 Å². The Morgan fingerprint density at radius 3 is 2.50 bits per heavy atom. The fourth-order valence-electron chi connectivity index (χ4n) is 1.37. The molecule has 0 radical (unpaired) electrons. The molecule has 4 heteroatoms. The lowest BCUT2D eigenvalue weighted by Gasteiger charge is -2.08. The van der Waals surface area contributed by atoms with Gasteiger partial charge in [-0.3, -0.25) is 4.79 Å². The van der Waals surface area contributed by atoms with Crippen LogP contribution in [0.3, 0.4) is 0 Å². The summed E-state index contributed by atoms with van der Waals surface area (Å²) in [6, 6.07) is 6.45. The Morgan fingerprint density at radius 2 is 2.00 bits per heavy atom. The van der Waals surface area contributed by atoms with E-state index in [1.807, 2.05) is 44.2 Å². The van der Waals surface area contributed by atoms with E-state index in [1.54, 1.807) is 0 Å². The van der Waals surface area contributed by atoms with Crippen LogP contribution >= 0.6 is 0 Å². The lowest BCUT2D eigenvalue weighted by molar-refractivity contribution is -0.138. The van der Waals surface area contributed by atoms with Gasteiger partial charge >= 0.3 is 5.97 Å². The zero-order valence-corrected chi connectivity index (χ0v) is 10.7. The number of carboxylic acid groups (broad SMARTS) is 1. The molecule has 0 spiro atoms. The van der Waals surface area contributed by atoms with Gasteiger partial charge in [-0.2, -0.15) is 0 Å². The van der Waals surface area contributed by atoms with Gasteiger partial charge in [0, 0.05) is 0 Å². The van der Waals surface area contributed by atoms with E-state index in [1.165, 1.54) is 5.57 Å². The predicted molar refractivity (Wildman–Crippen MR) is 70.7 cm³/mol. The minimum absolute atomic E-state index is 0.323. The molecule has 3 N–H and O–H groups in total. The number of ether oxygens (including phenoxy) is 1. The van der Waals surface area contributed by atoms with Gasteiger partial charge in [-0.05, 0) is 44.0 Å². The van der Waals surface area contributed by atoms with Gasteiger partial charge in [-0.15, -0.1) is 0 Å². The Labute approximate surface area is 107 Å². The van der Waals surface area contributed by atoms with Crippen molar-refractivity contribution in [2.75, 3.05) is 6.61 Å². The number of carbonyl (C=O) groups is 1. The Balaban J connectivity index is 2.52. The molecule has 0 saturated heterocycles.